The fourth-order valence-electron chi connectivity index (χ4n) is 6.01. The summed E-state index contributed by atoms with van der Waals surface area (Å²) in [6, 6.07) is -10.7. The molecule has 0 spiro atoms. The van der Waals surface area contributed by atoms with Crippen LogP contribution in [0.3, 0.4) is 0 Å². The molecule has 2 rings (SSSR count). The van der Waals surface area contributed by atoms with E-state index < -0.39 is 160 Å². The number of hydrogen-bond donors (Lipinski definition) is 20. The molecule has 2 fully saturated rings. The first-order valence-corrected chi connectivity index (χ1v) is 16.3. The second kappa shape index (κ2) is 30.0. The molecule has 0 aromatic carbocycles. The average molecular weight is 1330 g/mol. The topological polar surface area (TPSA) is 458 Å². The van der Waals surface area contributed by atoms with Crippen LogP contribution in [0.15, 0.2) is 0 Å². The Morgan fingerprint density at radius 2 is 0.579 bits per heavy atom. The van der Waals surface area contributed by atoms with Gasteiger partial charge in [0.1, 0.15) is 12.1 Å². The van der Waals surface area contributed by atoms with E-state index in [1.165, 1.54) is 0 Å². The molecule has 2 aliphatic carbocycles. The van der Waals surface area contributed by atoms with E-state index in [-0.39, 0.29) is 90.4 Å². The van der Waals surface area contributed by atoms with Crippen molar-refractivity contribution in [3.63, 3.8) is 0 Å². The van der Waals surface area contributed by atoms with Crippen molar-refractivity contribution in [2.24, 2.45) is 0 Å². The van der Waals surface area contributed by atoms with E-state index in [9.17, 15) is 69.6 Å². The molecular formula is C28H50Hf3N6O20+12. The first kappa shape index (κ1) is 60.2. The Labute approximate surface area is 380 Å². The van der Waals surface area contributed by atoms with Crippen molar-refractivity contribution in [3.05, 3.63) is 0 Å². The van der Waals surface area contributed by atoms with Gasteiger partial charge in [-0.1, -0.05) is 0 Å². The molecule has 14 atom stereocenters. The van der Waals surface area contributed by atoms with Gasteiger partial charge in [-0.2, -0.15) is 0 Å². The van der Waals surface area contributed by atoms with Crippen LogP contribution in [0.5, 0.6) is 0 Å². The number of carboxylic acid groups (broad SMARTS) is 6. The van der Waals surface area contributed by atoms with Crippen LogP contribution in [-0.2, 0) is 106 Å². The van der Waals surface area contributed by atoms with E-state index in [1.807, 2.05) is 0 Å². The molecule has 2 aliphatic rings. The summed E-state index contributed by atoms with van der Waals surface area (Å²) < 4.78 is 0. The molecule has 0 aliphatic heterocycles. The number of aliphatic hydroxyl groups excluding tert-OH is 8. The van der Waals surface area contributed by atoms with Gasteiger partial charge in [0.25, 0.3) is 0 Å². The fourth-order valence-corrected chi connectivity index (χ4v) is 6.01. The number of carbonyl (C=O) groups is 6. The SMILES string of the molecule is O=C(O)CN[C@@H]1C(O)[C@H](NCC(=O)O)[C@H](O)C(NC(CCO)C(=O)O)[C@@H]1O.O=C(O)CN[C@@H]1C(O)[C@H](NCC(=O)O)[C@H](O)C(NC(CCO)C(=O)O)[C@@H]1O.[Hf+4].[Hf+4].[Hf+4]. The zero-order valence-electron chi connectivity index (χ0n) is 30.0. The third-order valence-corrected chi connectivity index (χ3v) is 8.59. The Morgan fingerprint density at radius 1 is 0.386 bits per heavy atom. The van der Waals surface area contributed by atoms with Gasteiger partial charge < -0.3 is 71.5 Å². The Hall–Kier alpha value is -1.13. The van der Waals surface area contributed by atoms with Gasteiger partial charge in [-0.25, -0.2) is 0 Å². The smallest absolute Gasteiger partial charge is 0.480 e. The summed E-state index contributed by atoms with van der Waals surface area (Å²) in [5.74, 6) is -7.88. The van der Waals surface area contributed by atoms with Crippen molar-refractivity contribution >= 4 is 35.8 Å². The van der Waals surface area contributed by atoms with E-state index in [0.29, 0.717) is 0 Å². The van der Waals surface area contributed by atoms with Crippen LogP contribution in [0.25, 0.3) is 0 Å². The molecule has 312 valence electrons. The van der Waals surface area contributed by atoms with Crippen molar-refractivity contribution in [3.8, 4) is 0 Å². The first-order chi connectivity index (χ1) is 25.2. The molecule has 0 heterocycles. The maximum absolute atomic E-state index is 11.3. The molecule has 6 unspecified atom stereocenters. The van der Waals surface area contributed by atoms with Gasteiger partial charge in [0, 0.05) is 13.2 Å². The minimum absolute atomic E-state index is 0. The van der Waals surface area contributed by atoms with Crippen molar-refractivity contribution in [2.45, 2.75) is 97.8 Å². The Balaban J connectivity index is -0.000000972. The molecule has 26 nitrogen and oxygen atoms in total. The van der Waals surface area contributed by atoms with Gasteiger partial charge >= 0.3 is 113 Å². The predicted octanol–water partition coefficient (Wildman–Crippen LogP) is -10.1. The molecule has 0 saturated heterocycles. The summed E-state index contributed by atoms with van der Waals surface area (Å²) in [6.07, 6.45) is -10.1. The minimum atomic E-state index is -1.61. The molecule has 0 radical (unpaired) electrons. The normalized spacial score (nSPS) is 30.3. The molecular weight excluding hydrogens is 1280 g/mol. The van der Waals surface area contributed by atoms with Crippen LogP contribution in [0.4, 0.5) is 0 Å². The molecule has 29 heteroatoms. The number of hydrogen-bond acceptors (Lipinski definition) is 20. The molecule has 57 heavy (non-hydrogen) atoms. The summed E-state index contributed by atoms with van der Waals surface area (Å²) in [7, 11) is 0. The van der Waals surface area contributed by atoms with Crippen LogP contribution in [0, 0.1) is 0 Å². The van der Waals surface area contributed by atoms with Gasteiger partial charge in [0.05, 0.1) is 99.1 Å². The van der Waals surface area contributed by atoms with Crippen LogP contribution in [-0.4, -0.2) is 232 Å². The molecule has 0 aromatic rings. The Morgan fingerprint density at radius 3 is 0.737 bits per heavy atom. The van der Waals surface area contributed by atoms with E-state index in [0.717, 1.165) is 0 Å². The second-order valence-corrected chi connectivity index (χ2v) is 12.3. The molecule has 0 aromatic heterocycles. The summed E-state index contributed by atoms with van der Waals surface area (Å²) >= 11 is 0. The zero-order chi connectivity index (χ0) is 41.4. The quantitative estimate of drug-likeness (QED) is 0.0448. The van der Waals surface area contributed by atoms with E-state index in [2.05, 4.69) is 31.9 Å². The standard InChI is InChI=1S/2C14H25N3O10.3Hf/c2*18-2-1-5(14(26)27)17-10-12(24)8(15-3-6(19)20)11(23)9(13(10)25)16-4-7(21)22;;;/h2*5,8-13,15-18,23-25H,1-4H2,(H,19,20)(H,21,22)(H,26,27);;;/q;;3*+4/t2*5?,8-,9+,10?,11?,12-,13+;;;. The molecule has 2 saturated carbocycles. The van der Waals surface area contributed by atoms with Crippen LogP contribution < -0.4 is 31.9 Å². The largest absolute Gasteiger partial charge is 4.00 e. The van der Waals surface area contributed by atoms with Gasteiger partial charge in [-0.3, -0.25) is 60.7 Å². The second-order valence-electron chi connectivity index (χ2n) is 12.3. The van der Waals surface area contributed by atoms with Gasteiger partial charge in [0.15, 0.2) is 0 Å². The monoisotopic (exact) mass is 1330 g/mol. The van der Waals surface area contributed by atoms with Gasteiger partial charge in [0.2, 0.25) is 0 Å². The zero-order valence-corrected chi connectivity index (χ0v) is 40.7. The van der Waals surface area contributed by atoms with Crippen molar-refractivity contribution in [1.82, 2.24) is 31.9 Å². The minimum Gasteiger partial charge on any atom is -0.480 e. The summed E-state index contributed by atoms with van der Waals surface area (Å²) in [4.78, 5) is 65.6. The van der Waals surface area contributed by atoms with Crippen molar-refractivity contribution in [1.29, 1.82) is 0 Å². The van der Waals surface area contributed by atoms with Crippen molar-refractivity contribution < 1.29 is 178 Å². The Kier molecular flexibility index (Phi) is 31.7. The van der Waals surface area contributed by atoms with E-state index in [4.69, 9.17) is 30.6 Å². The summed E-state index contributed by atoms with van der Waals surface area (Å²) in [5.41, 5.74) is 0. The average Bonchev–Trinajstić information content (AvgIpc) is 3.06. The summed E-state index contributed by atoms with van der Waals surface area (Å²) in [6.45, 7) is -3.57. The Bertz CT molecular complexity index is 1110. The van der Waals surface area contributed by atoms with Crippen LogP contribution >= 0.6 is 0 Å². The predicted molar refractivity (Wildman–Crippen MR) is 174 cm³/mol. The molecule has 0 bridgehead atoms. The number of rotatable bonds is 22. The van der Waals surface area contributed by atoms with E-state index in [1.54, 1.807) is 0 Å². The summed E-state index contributed by atoms with van der Waals surface area (Å²) in [5, 5.41) is 148. The third-order valence-electron chi connectivity index (χ3n) is 8.59. The number of carboxylic acids is 6. The first-order valence-electron chi connectivity index (χ1n) is 16.3. The van der Waals surface area contributed by atoms with Crippen LogP contribution in [0.1, 0.15) is 12.8 Å². The maximum atomic E-state index is 11.3. The third kappa shape index (κ3) is 19.4. The number of aliphatic carboxylic acids is 6. The van der Waals surface area contributed by atoms with Gasteiger partial charge in [-0.15, -0.1) is 0 Å². The fraction of sp³-hybridized carbons (Fsp3) is 0.786. The number of nitrogens with one attached hydrogen (secondary N) is 6. The van der Waals surface area contributed by atoms with Crippen LogP contribution in [0.2, 0.25) is 0 Å². The van der Waals surface area contributed by atoms with E-state index >= 15 is 0 Å². The van der Waals surface area contributed by atoms with Crippen molar-refractivity contribution in [2.75, 3.05) is 39.4 Å². The van der Waals surface area contributed by atoms with Gasteiger partial charge in [-0.05, 0) is 12.8 Å². The maximum Gasteiger partial charge on any atom is 4.00 e. The molecule has 0 amide bonds. The molecule has 20 N–H and O–H groups in total. The number of aliphatic hydroxyl groups is 8.